The summed E-state index contributed by atoms with van der Waals surface area (Å²) in [5, 5.41) is 0. The second-order valence-corrected chi connectivity index (χ2v) is 7.83. The van der Waals surface area contributed by atoms with Crippen LogP contribution >= 0.6 is 0 Å². The fourth-order valence-electron chi connectivity index (χ4n) is 3.10. The summed E-state index contributed by atoms with van der Waals surface area (Å²) in [7, 11) is -2.02. The molecule has 2 aromatic rings. The molecule has 1 aromatic carbocycles. The molecule has 0 radical (unpaired) electrons. The van der Waals surface area contributed by atoms with E-state index >= 15 is 0 Å². The standard InChI is InChI=1S/C17H22N2O3S/c1-14-5-6-16(22-2)17(13-14)23(20,21)19-11-7-15(8-12-19)18-9-3-4-10-18/h3-6,9-10,13,15H,7-8,11-12H2,1-2H3. The van der Waals surface area contributed by atoms with Crippen LogP contribution in [0.3, 0.4) is 0 Å². The molecule has 0 atom stereocenters. The predicted molar refractivity (Wildman–Crippen MR) is 89.2 cm³/mol. The quantitative estimate of drug-likeness (QED) is 0.864. The lowest BCUT2D eigenvalue weighted by molar-refractivity contribution is 0.273. The molecule has 23 heavy (non-hydrogen) atoms. The van der Waals surface area contributed by atoms with Crippen LogP contribution in [0.15, 0.2) is 47.6 Å². The van der Waals surface area contributed by atoms with Crippen molar-refractivity contribution in [3.8, 4) is 5.75 Å². The average molecular weight is 334 g/mol. The Kier molecular flexibility index (Phi) is 4.46. The maximum atomic E-state index is 13.0. The van der Waals surface area contributed by atoms with Crippen molar-refractivity contribution in [2.24, 2.45) is 0 Å². The fraction of sp³-hybridized carbons (Fsp3) is 0.412. The monoisotopic (exact) mass is 334 g/mol. The molecule has 124 valence electrons. The van der Waals surface area contributed by atoms with Gasteiger partial charge in [-0.05, 0) is 49.6 Å². The number of nitrogens with zero attached hydrogens (tertiary/aromatic N) is 2. The van der Waals surface area contributed by atoms with E-state index in [-0.39, 0.29) is 4.90 Å². The van der Waals surface area contributed by atoms with Gasteiger partial charge in [0.1, 0.15) is 10.6 Å². The number of benzene rings is 1. The zero-order valence-corrected chi connectivity index (χ0v) is 14.3. The lowest BCUT2D eigenvalue weighted by atomic mass is 10.1. The Morgan fingerprint density at radius 2 is 1.78 bits per heavy atom. The van der Waals surface area contributed by atoms with Crippen molar-refractivity contribution in [3.63, 3.8) is 0 Å². The highest BCUT2D eigenvalue weighted by Gasteiger charge is 2.31. The molecule has 1 fully saturated rings. The van der Waals surface area contributed by atoms with E-state index in [0.717, 1.165) is 18.4 Å². The molecular formula is C17H22N2O3S. The van der Waals surface area contributed by atoms with Crippen LogP contribution in [0.4, 0.5) is 0 Å². The first kappa shape index (κ1) is 16.1. The molecule has 0 amide bonds. The van der Waals surface area contributed by atoms with Crippen LogP contribution in [0.5, 0.6) is 5.75 Å². The van der Waals surface area contributed by atoms with Gasteiger partial charge in [-0.1, -0.05) is 6.07 Å². The largest absolute Gasteiger partial charge is 0.495 e. The molecule has 6 heteroatoms. The van der Waals surface area contributed by atoms with E-state index < -0.39 is 10.0 Å². The summed E-state index contributed by atoms with van der Waals surface area (Å²) in [4.78, 5) is 0.263. The van der Waals surface area contributed by atoms with Crippen LogP contribution in [0.2, 0.25) is 0 Å². The zero-order chi connectivity index (χ0) is 16.4. The predicted octanol–water partition coefficient (Wildman–Crippen LogP) is 2.83. The van der Waals surface area contributed by atoms with E-state index in [9.17, 15) is 8.42 Å². The number of aryl methyl sites for hydroxylation is 1. The van der Waals surface area contributed by atoms with Crippen LogP contribution < -0.4 is 4.74 Å². The van der Waals surface area contributed by atoms with E-state index in [1.165, 1.54) is 7.11 Å². The van der Waals surface area contributed by atoms with Gasteiger partial charge < -0.3 is 9.30 Å². The molecule has 0 unspecified atom stereocenters. The second kappa shape index (κ2) is 6.37. The number of methoxy groups -OCH3 is 1. The lowest BCUT2D eigenvalue weighted by Crippen LogP contribution is -2.39. The third-order valence-electron chi connectivity index (χ3n) is 4.41. The van der Waals surface area contributed by atoms with Crippen molar-refractivity contribution in [1.29, 1.82) is 0 Å². The normalized spacial score (nSPS) is 17.3. The first-order chi connectivity index (χ1) is 11.0. The van der Waals surface area contributed by atoms with Gasteiger partial charge >= 0.3 is 0 Å². The highest BCUT2D eigenvalue weighted by atomic mass is 32.2. The van der Waals surface area contributed by atoms with Crippen molar-refractivity contribution >= 4 is 10.0 Å². The first-order valence-corrected chi connectivity index (χ1v) is 9.23. The third kappa shape index (κ3) is 3.14. The molecule has 0 spiro atoms. The summed E-state index contributed by atoms with van der Waals surface area (Å²) in [6.07, 6.45) is 5.72. The van der Waals surface area contributed by atoms with Crippen LogP contribution in [0, 0.1) is 6.92 Å². The Hall–Kier alpha value is -1.79. The lowest BCUT2D eigenvalue weighted by Gasteiger charge is -2.32. The molecule has 3 rings (SSSR count). The molecule has 1 saturated heterocycles. The van der Waals surface area contributed by atoms with Gasteiger partial charge in [-0.15, -0.1) is 0 Å². The summed E-state index contributed by atoms with van der Waals surface area (Å²) < 4.78 is 34.9. The number of ether oxygens (including phenoxy) is 1. The molecular weight excluding hydrogens is 312 g/mol. The van der Waals surface area contributed by atoms with E-state index in [4.69, 9.17) is 4.74 Å². The summed E-state index contributed by atoms with van der Waals surface area (Å²) >= 11 is 0. The number of piperidine rings is 1. The molecule has 1 aliphatic rings. The minimum Gasteiger partial charge on any atom is -0.495 e. The van der Waals surface area contributed by atoms with E-state index in [1.807, 2.05) is 37.5 Å². The van der Waals surface area contributed by atoms with Crippen LogP contribution in [-0.4, -0.2) is 37.5 Å². The maximum Gasteiger partial charge on any atom is 0.246 e. The van der Waals surface area contributed by atoms with Gasteiger partial charge in [-0.3, -0.25) is 0 Å². The third-order valence-corrected chi connectivity index (χ3v) is 6.33. The van der Waals surface area contributed by atoms with E-state index in [1.54, 1.807) is 16.4 Å². The molecule has 0 N–H and O–H groups in total. The average Bonchev–Trinajstić information content (AvgIpc) is 3.09. The molecule has 2 heterocycles. The number of sulfonamides is 1. The van der Waals surface area contributed by atoms with Gasteiger partial charge in [0.2, 0.25) is 10.0 Å². The van der Waals surface area contributed by atoms with Gasteiger partial charge in [-0.25, -0.2) is 8.42 Å². The summed E-state index contributed by atoms with van der Waals surface area (Å²) in [6, 6.07) is 9.63. The zero-order valence-electron chi connectivity index (χ0n) is 13.5. The van der Waals surface area contributed by atoms with E-state index in [2.05, 4.69) is 4.57 Å². The van der Waals surface area contributed by atoms with Crippen molar-refractivity contribution < 1.29 is 13.2 Å². The summed E-state index contributed by atoms with van der Waals surface area (Å²) in [5.74, 6) is 0.406. The fourth-order valence-corrected chi connectivity index (χ4v) is 4.81. The Labute approximate surface area is 137 Å². The van der Waals surface area contributed by atoms with Gasteiger partial charge in [-0.2, -0.15) is 4.31 Å². The number of hydrogen-bond donors (Lipinski definition) is 0. The Morgan fingerprint density at radius 1 is 1.13 bits per heavy atom. The SMILES string of the molecule is COc1ccc(C)cc1S(=O)(=O)N1CCC(n2cccc2)CC1. The maximum absolute atomic E-state index is 13.0. The van der Waals surface area contributed by atoms with Crippen molar-refractivity contribution in [3.05, 3.63) is 48.3 Å². The van der Waals surface area contributed by atoms with Crippen LogP contribution in [-0.2, 0) is 10.0 Å². The van der Waals surface area contributed by atoms with E-state index in [0.29, 0.717) is 24.9 Å². The molecule has 1 aromatic heterocycles. The highest BCUT2D eigenvalue weighted by Crippen LogP contribution is 2.31. The van der Waals surface area contributed by atoms with Crippen LogP contribution in [0.1, 0.15) is 24.4 Å². The molecule has 0 saturated carbocycles. The minimum absolute atomic E-state index is 0.263. The Bertz CT molecular complexity index is 761. The van der Waals surface area contributed by atoms with Gasteiger partial charge in [0.05, 0.1) is 7.11 Å². The van der Waals surface area contributed by atoms with Gasteiger partial charge in [0.25, 0.3) is 0 Å². The number of rotatable bonds is 4. The van der Waals surface area contributed by atoms with Crippen LogP contribution in [0.25, 0.3) is 0 Å². The van der Waals surface area contributed by atoms with Crippen molar-refractivity contribution in [2.45, 2.75) is 30.7 Å². The Balaban J connectivity index is 1.81. The second-order valence-electron chi connectivity index (χ2n) is 5.92. The topological polar surface area (TPSA) is 51.5 Å². The number of hydrogen-bond acceptors (Lipinski definition) is 3. The van der Waals surface area contributed by atoms with Crippen molar-refractivity contribution in [2.75, 3.05) is 20.2 Å². The molecule has 1 aliphatic heterocycles. The Morgan fingerprint density at radius 3 is 2.39 bits per heavy atom. The molecule has 0 aliphatic carbocycles. The highest BCUT2D eigenvalue weighted by molar-refractivity contribution is 7.89. The van der Waals surface area contributed by atoms with Crippen molar-refractivity contribution in [1.82, 2.24) is 8.87 Å². The van der Waals surface area contributed by atoms with Gasteiger partial charge in [0.15, 0.2) is 0 Å². The molecule has 0 bridgehead atoms. The molecule has 5 nitrogen and oxygen atoms in total. The number of aromatic nitrogens is 1. The smallest absolute Gasteiger partial charge is 0.246 e. The summed E-state index contributed by atoms with van der Waals surface area (Å²) in [6.45, 7) is 2.95. The summed E-state index contributed by atoms with van der Waals surface area (Å²) in [5.41, 5.74) is 0.909. The first-order valence-electron chi connectivity index (χ1n) is 7.79. The van der Waals surface area contributed by atoms with Gasteiger partial charge in [0, 0.05) is 31.5 Å². The minimum atomic E-state index is -3.52.